The highest BCUT2D eigenvalue weighted by Crippen LogP contribution is 2.28. The Kier molecular flexibility index (Phi) is 7.60. The van der Waals surface area contributed by atoms with E-state index in [9.17, 15) is 18.0 Å². The zero-order valence-electron chi connectivity index (χ0n) is 18.0. The van der Waals surface area contributed by atoms with Crippen LogP contribution in [-0.2, 0) is 15.8 Å². The molecule has 0 radical (unpaired) electrons. The number of hydrazine groups is 1. The molecule has 0 aliphatic carbocycles. The molecule has 8 nitrogen and oxygen atoms in total. The topological polar surface area (TPSA) is 109 Å². The number of carbonyl (C=O) groups excluding carboxylic acids is 2. The average molecular weight is 476 g/mol. The summed E-state index contributed by atoms with van der Waals surface area (Å²) in [5.41, 5.74) is 6.12. The fourth-order valence-corrected chi connectivity index (χ4v) is 5.40. The Labute approximate surface area is 191 Å². The second-order valence-corrected chi connectivity index (χ2v) is 9.67. The van der Waals surface area contributed by atoms with Gasteiger partial charge in [-0.25, -0.2) is 8.42 Å². The van der Waals surface area contributed by atoms with E-state index >= 15 is 0 Å². The first kappa shape index (κ1) is 23.8. The molecule has 0 fully saturated rings. The molecule has 2 aromatic carbocycles. The summed E-state index contributed by atoms with van der Waals surface area (Å²) in [7, 11) is -3.71. The number of hydrogen-bond acceptors (Lipinski definition) is 6. The second-order valence-electron chi connectivity index (χ2n) is 6.86. The Morgan fingerprint density at radius 1 is 1.00 bits per heavy atom. The number of para-hydroxylation sites is 1. The molecular formula is C22H25N3O5S2. The maximum Gasteiger partial charge on any atom is 0.305 e. The standard InChI is InChI=1S/C22H25N3O5S2/c1-4-25(5-2)32(28,29)16-10-8-9-15(13-16)21(26)23-24-22(27)20-18(14-31-3)17-11-6-7-12-19(17)30-20/h6-13H,4-5,14H2,1-3H3,(H,23,26)(H,24,27). The van der Waals surface area contributed by atoms with Crippen LogP contribution in [0.5, 0.6) is 0 Å². The minimum absolute atomic E-state index is 0.0136. The molecule has 32 heavy (non-hydrogen) atoms. The molecular weight excluding hydrogens is 450 g/mol. The van der Waals surface area contributed by atoms with E-state index in [2.05, 4.69) is 10.9 Å². The van der Waals surface area contributed by atoms with Gasteiger partial charge in [-0.05, 0) is 30.5 Å². The van der Waals surface area contributed by atoms with Crippen molar-refractivity contribution >= 4 is 44.6 Å². The van der Waals surface area contributed by atoms with Gasteiger partial charge < -0.3 is 4.42 Å². The Bertz CT molecular complexity index is 1230. The summed E-state index contributed by atoms with van der Waals surface area (Å²) in [4.78, 5) is 25.3. The van der Waals surface area contributed by atoms with Gasteiger partial charge >= 0.3 is 5.91 Å². The molecule has 0 aliphatic heterocycles. The fourth-order valence-electron chi connectivity index (χ4n) is 3.32. The van der Waals surface area contributed by atoms with Crippen molar-refractivity contribution in [1.29, 1.82) is 0 Å². The van der Waals surface area contributed by atoms with E-state index in [-0.39, 0.29) is 16.2 Å². The molecule has 0 spiro atoms. The van der Waals surface area contributed by atoms with Gasteiger partial charge in [-0.3, -0.25) is 20.4 Å². The highest BCUT2D eigenvalue weighted by molar-refractivity contribution is 7.97. The molecule has 0 bridgehead atoms. The third kappa shape index (κ3) is 4.82. The zero-order valence-corrected chi connectivity index (χ0v) is 19.7. The van der Waals surface area contributed by atoms with Crippen molar-refractivity contribution in [1.82, 2.24) is 15.2 Å². The molecule has 170 valence electrons. The van der Waals surface area contributed by atoms with E-state index in [1.807, 2.05) is 24.5 Å². The van der Waals surface area contributed by atoms with Crippen molar-refractivity contribution in [3.63, 3.8) is 0 Å². The third-order valence-electron chi connectivity index (χ3n) is 4.92. The van der Waals surface area contributed by atoms with Gasteiger partial charge in [-0.2, -0.15) is 16.1 Å². The van der Waals surface area contributed by atoms with E-state index < -0.39 is 21.8 Å². The number of fused-ring (bicyclic) bond motifs is 1. The van der Waals surface area contributed by atoms with Gasteiger partial charge in [-0.15, -0.1) is 0 Å². The SMILES string of the molecule is CCN(CC)S(=O)(=O)c1cccc(C(=O)NNC(=O)c2oc3ccccc3c2CSC)c1. The molecule has 2 amide bonds. The lowest BCUT2D eigenvalue weighted by molar-refractivity contribution is 0.0831. The van der Waals surface area contributed by atoms with Crippen molar-refractivity contribution in [2.24, 2.45) is 0 Å². The summed E-state index contributed by atoms with van der Waals surface area (Å²) in [5.74, 6) is -0.541. The van der Waals surface area contributed by atoms with Crippen LogP contribution in [0.4, 0.5) is 0 Å². The van der Waals surface area contributed by atoms with Gasteiger partial charge in [0, 0.05) is 35.4 Å². The first-order chi connectivity index (χ1) is 15.3. The molecule has 1 aromatic heterocycles. The van der Waals surface area contributed by atoms with Crippen molar-refractivity contribution in [2.75, 3.05) is 19.3 Å². The lowest BCUT2D eigenvalue weighted by atomic mass is 10.1. The molecule has 10 heteroatoms. The number of amides is 2. The van der Waals surface area contributed by atoms with E-state index in [0.717, 1.165) is 10.9 Å². The summed E-state index contributed by atoms with van der Waals surface area (Å²) in [6.07, 6.45) is 1.92. The Hall–Kier alpha value is -2.82. The minimum atomic E-state index is -3.71. The number of rotatable bonds is 8. The number of carbonyl (C=O) groups is 2. The van der Waals surface area contributed by atoms with Gasteiger partial charge in [0.25, 0.3) is 5.91 Å². The maximum absolute atomic E-state index is 12.7. The largest absolute Gasteiger partial charge is 0.451 e. The molecule has 0 aliphatic rings. The number of nitrogens with one attached hydrogen (secondary N) is 2. The van der Waals surface area contributed by atoms with Gasteiger partial charge in [0.05, 0.1) is 4.90 Å². The molecule has 0 unspecified atom stereocenters. The first-order valence-electron chi connectivity index (χ1n) is 10.0. The van der Waals surface area contributed by atoms with Crippen LogP contribution in [0.2, 0.25) is 0 Å². The summed E-state index contributed by atoms with van der Waals surface area (Å²) < 4.78 is 32.4. The van der Waals surface area contributed by atoms with Crippen molar-refractivity contribution < 1.29 is 22.4 Å². The van der Waals surface area contributed by atoms with Crippen LogP contribution >= 0.6 is 11.8 Å². The van der Waals surface area contributed by atoms with E-state index in [0.29, 0.717) is 24.4 Å². The van der Waals surface area contributed by atoms with Crippen molar-refractivity contribution in [2.45, 2.75) is 24.5 Å². The smallest absolute Gasteiger partial charge is 0.305 e. The quantitative estimate of drug-likeness (QED) is 0.484. The van der Waals surface area contributed by atoms with Crippen LogP contribution in [0, 0.1) is 0 Å². The van der Waals surface area contributed by atoms with Crippen LogP contribution in [0.25, 0.3) is 11.0 Å². The first-order valence-corrected chi connectivity index (χ1v) is 12.9. The fraction of sp³-hybridized carbons (Fsp3) is 0.273. The number of sulfonamides is 1. The predicted molar refractivity (Wildman–Crippen MR) is 125 cm³/mol. The molecule has 0 saturated carbocycles. The molecule has 0 saturated heterocycles. The summed E-state index contributed by atoms with van der Waals surface area (Å²) in [6, 6.07) is 13.0. The van der Waals surface area contributed by atoms with Gasteiger partial charge in [0.1, 0.15) is 5.58 Å². The summed E-state index contributed by atoms with van der Waals surface area (Å²) >= 11 is 1.55. The number of furan rings is 1. The minimum Gasteiger partial charge on any atom is -0.451 e. The van der Waals surface area contributed by atoms with Crippen LogP contribution in [0.1, 0.15) is 40.3 Å². The van der Waals surface area contributed by atoms with Crippen LogP contribution < -0.4 is 10.9 Å². The monoisotopic (exact) mass is 475 g/mol. The number of benzene rings is 2. The van der Waals surface area contributed by atoms with Crippen molar-refractivity contribution in [3.05, 3.63) is 65.4 Å². The average Bonchev–Trinajstić information content (AvgIpc) is 3.17. The van der Waals surface area contributed by atoms with Gasteiger partial charge in [0.2, 0.25) is 10.0 Å². The van der Waals surface area contributed by atoms with E-state index in [1.165, 1.54) is 28.6 Å². The Balaban J connectivity index is 1.78. The van der Waals surface area contributed by atoms with E-state index in [4.69, 9.17) is 4.42 Å². The predicted octanol–water partition coefficient (Wildman–Crippen LogP) is 3.40. The number of thioether (sulfide) groups is 1. The summed E-state index contributed by atoms with van der Waals surface area (Å²) in [5, 5.41) is 0.840. The summed E-state index contributed by atoms with van der Waals surface area (Å²) in [6.45, 7) is 4.13. The van der Waals surface area contributed by atoms with Gasteiger partial charge in [-0.1, -0.05) is 38.1 Å². The second kappa shape index (κ2) is 10.2. The third-order valence-corrected chi connectivity index (χ3v) is 7.55. The Morgan fingerprint density at radius 3 is 2.38 bits per heavy atom. The highest BCUT2D eigenvalue weighted by atomic mass is 32.2. The molecule has 3 aromatic rings. The normalized spacial score (nSPS) is 11.6. The van der Waals surface area contributed by atoms with Gasteiger partial charge in [0.15, 0.2) is 5.76 Å². The van der Waals surface area contributed by atoms with E-state index in [1.54, 1.807) is 31.7 Å². The van der Waals surface area contributed by atoms with Crippen molar-refractivity contribution in [3.8, 4) is 0 Å². The van der Waals surface area contributed by atoms with Crippen LogP contribution in [0.3, 0.4) is 0 Å². The molecule has 0 atom stereocenters. The molecule has 3 rings (SSSR count). The number of nitrogens with zero attached hydrogens (tertiary/aromatic N) is 1. The molecule has 2 N–H and O–H groups in total. The van der Waals surface area contributed by atoms with Crippen LogP contribution in [-0.4, -0.2) is 43.9 Å². The lowest BCUT2D eigenvalue weighted by Gasteiger charge is -2.18. The maximum atomic E-state index is 12.7. The Morgan fingerprint density at radius 2 is 1.69 bits per heavy atom. The zero-order chi connectivity index (χ0) is 23.3. The lowest BCUT2D eigenvalue weighted by Crippen LogP contribution is -2.41. The van der Waals surface area contributed by atoms with Crippen LogP contribution in [0.15, 0.2) is 57.8 Å². The molecule has 1 heterocycles. The highest BCUT2D eigenvalue weighted by Gasteiger charge is 2.23. The number of hydrogen-bond donors (Lipinski definition) is 2.